The quantitative estimate of drug-likeness (QED) is 0.786. The molecule has 2 rings (SSSR count). The largest absolute Gasteiger partial charge is 0.368 e. The second kappa shape index (κ2) is 4.28. The fraction of sp³-hybridized carbons (Fsp3) is 0.667. The van der Waals surface area contributed by atoms with Gasteiger partial charge in [0.15, 0.2) is 0 Å². The van der Waals surface area contributed by atoms with E-state index in [1.54, 1.807) is 0 Å². The first kappa shape index (κ1) is 11.2. The molecule has 2 heterocycles. The second-order valence-electron chi connectivity index (χ2n) is 4.79. The SMILES string of the molecule is Cc1cnc(N)nc1N1CCCC(C)C1C. The summed E-state index contributed by atoms with van der Waals surface area (Å²) in [6, 6.07) is 0.529. The Morgan fingerprint density at radius 2 is 2.19 bits per heavy atom. The fourth-order valence-electron chi connectivity index (χ4n) is 2.37. The van der Waals surface area contributed by atoms with Gasteiger partial charge in [-0.15, -0.1) is 0 Å². The summed E-state index contributed by atoms with van der Waals surface area (Å²) in [5, 5.41) is 0. The topological polar surface area (TPSA) is 55.0 Å². The lowest BCUT2D eigenvalue weighted by Gasteiger charge is -2.39. The van der Waals surface area contributed by atoms with E-state index in [2.05, 4.69) is 28.7 Å². The van der Waals surface area contributed by atoms with Crippen LogP contribution in [0.4, 0.5) is 11.8 Å². The van der Waals surface area contributed by atoms with Crippen LogP contribution in [0.2, 0.25) is 0 Å². The van der Waals surface area contributed by atoms with E-state index in [-0.39, 0.29) is 0 Å². The maximum absolute atomic E-state index is 5.67. The van der Waals surface area contributed by atoms with Gasteiger partial charge in [-0.05, 0) is 32.6 Å². The van der Waals surface area contributed by atoms with Gasteiger partial charge >= 0.3 is 0 Å². The highest BCUT2D eigenvalue weighted by Gasteiger charge is 2.26. The van der Waals surface area contributed by atoms with Crippen molar-refractivity contribution < 1.29 is 0 Å². The second-order valence-corrected chi connectivity index (χ2v) is 4.79. The lowest BCUT2D eigenvalue weighted by molar-refractivity contribution is 0.361. The van der Waals surface area contributed by atoms with Crippen molar-refractivity contribution in [2.75, 3.05) is 17.2 Å². The van der Waals surface area contributed by atoms with Crippen LogP contribution in [-0.2, 0) is 0 Å². The molecular formula is C12H20N4. The standard InChI is InChI=1S/C12H20N4/c1-8-5-4-6-16(10(8)3)11-9(2)7-14-12(13)15-11/h7-8,10H,4-6H2,1-3H3,(H2,13,14,15). The Hall–Kier alpha value is -1.32. The van der Waals surface area contributed by atoms with E-state index in [4.69, 9.17) is 5.73 Å². The molecule has 0 spiro atoms. The van der Waals surface area contributed by atoms with E-state index in [0.717, 1.165) is 17.9 Å². The van der Waals surface area contributed by atoms with Crippen LogP contribution >= 0.6 is 0 Å². The van der Waals surface area contributed by atoms with Gasteiger partial charge in [0.1, 0.15) is 5.82 Å². The van der Waals surface area contributed by atoms with E-state index in [1.807, 2.05) is 13.1 Å². The van der Waals surface area contributed by atoms with Gasteiger partial charge in [0.05, 0.1) is 0 Å². The lowest BCUT2D eigenvalue weighted by atomic mass is 9.92. The molecule has 16 heavy (non-hydrogen) atoms. The summed E-state index contributed by atoms with van der Waals surface area (Å²) in [4.78, 5) is 10.8. The van der Waals surface area contributed by atoms with Crippen molar-refractivity contribution in [1.82, 2.24) is 9.97 Å². The first-order chi connectivity index (χ1) is 7.59. The predicted octanol–water partition coefficient (Wildman–Crippen LogP) is 1.99. The molecule has 0 saturated carbocycles. The zero-order chi connectivity index (χ0) is 11.7. The van der Waals surface area contributed by atoms with Crippen molar-refractivity contribution in [2.45, 2.75) is 39.7 Å². The highest BCUT2D eigenvalue weighted by molar-refractivity contribution is 5.49. The third-order valence-corrected chi connectivity index (χ3v) is 3.61. The summed E-state index contributed by atoms with van der Waals surface area (Å²) in [5.74, 6) is 2.09. The lowest BCUT2D eigenvalue weighted by Crippen LogP contribution is -2.43. The first-order valence-corrected chi connectivity index (χ1v) is 5.95. The molecule has 1 aromatic rings. The van der Waals surface area contributed by atoms with Gasteiger partial charge in [0, 0.05) is 24.3 Å². The van der Waals surface area contributed by atoms with Crippen LogP contribution in [0, 0.1) is 12.8 Å². The third-order valence-electron chi connectivity index (χ3n) is 3.61. The Morgan fingerprint density at radius 1 is 1.44 bits per heavy atom. The Morgan fingerprint density at radius 3 is 2.94 bits per heavy atom. The molecular weight excluding hydrogens is 200 g/mol. The van der Waals surface area contributed by atoms with E-state index in [1.165, 1.54) is 12.8 Å². The number of aryl methyl sites for hydroxylation is 1. The Labute approximate surface area is 96.9 Å². The molecule has 0 amide bonds. The average Bonchev–Trinajstić information content (AvgIpc) is 2.26. The minimum atomic E-state index is 0.367. The average molecular weight is 220 g/mol. The van der Waals surface area contributed by atoms with Crippen molar-refractivity contribution in [3.63, 3.8) is 0 Å². The van der Waals surface area contributed by atoms with Crippen molar-refractivity contribution in [1.29, 1.82) is 0 Å². The van der Waals surface area contributed by atoms with Crippen LogP contribution in [0.5, 0.6) is 0 Å². The number of hydrogen-bond donors (Lipinski definition) is 1. The van der Waals surface area contributed by atoms with Gasteiger partial charge in [0.2, 0.25) is 5.95 Å². The number of nitrogens with zero attached hydrogens (tertiary/aromatic N) is 3. The summed E-state index contributed by atoms with van der Waals surface area (Å²) in [6.45, 7) is 7.68. The number of hydrogen-bond acceptors (Lipinski definition) is 4. The number of nitrogen functional groups attached to an aromatic ring is 1. The zero-order valence-electron chi connectivity index (χ0n) is 10.3. The number of rotatable bonds is 1. The predicted molar refractivity (Wildman–Crippen MR) is 66.4 cm³/mol. The molecule has 0 radical (unpaired) electrons. The van der Waals surface area contributed by atoms with E-state index in [9.17, 15) is 0 Å². The van der Waals surface area contributed by atoms with Crippen molar-refractivity contribution in [3.8, 4) is 0 Å². The van der Waals surface area contributed by atoms with Gasteiger partial charge in [-0.2, -0.15) is 4.98 Å². The smallest absolute Gasteiger partial charge is 0.221 e. The Bertz CT molecular complexity index is 377. The molecule has 2 atom stereocenters. The van der Waals surface area contributed by atoms with Gasteiger partial charge in [-0.1, -0.05) is 6.92 Å². The van der Waals surface area contributed by atoms with Crippen molar-refractivity contribution >= 4 is 11.8 Å². The number of anilines is 2. The Kier molecular flexibility index (Phi) is 2.99. The van der Waals surface area contributed by atoms with Gasteiger partial charge in [0.25, 0.3) is 0 Å². The molecule has 1 saturated heterocycles. The van der Waals surface area contributed by atoms with Gasteiger partial charge in [-0.25, -0.2) is 4.98 Å². The highest BCUT2D eigenvalue weighted by Crippen LogP contribution is 2.29. The fourth-order valence-corrected chi connectivity index (χ4v) is 2.37. The molecule has 1 aromatic heterocycles. The molecule has 1 aliphatic heterocycles. The number of aromatic nitrogens is 2. The van der Waals surface area contributed by atoms with Crippen LogP contribution in [-0.4, -0.2) is 22.6 Å². The van der Waals surface area contributed by atoms with Crippen LogP contribution in [0.1, 0.15) is 32.3 Å². The Balaban J connectivity index is 2.31. The molecule has 0 bridgehead atoms. The summed E-state index contributed by atoms with van der Waals surface area (Å²) >= 11 is 0. The van der Waals surface area contributed by atoms with Gasteiger partial charge in [-0.3, -0.25) is 0 Å². The molecule has 1 fully saturated rings. The molecule has 2 N–H and O–H groups in total. The molecule has 0 aromatic carbocycles. The number of piperidine rings is 1. The van der Waals surface area contributed by atoms with Gasteiger partial charge < -0.3 is 10.6 Å². The summed E-state index contributed by atoms with van der Waals surface area (Å²) in [6.07, 6.45) is 4.34. The normalized spacial score (nSPS) is 25.8. The van der Waals surface area contributed by atoms with Crippen molar-refractivity contribution in [2.24, 2.45) is 5.92 Å². The summed E-state index contributed by atoms with van der Waals surface area (Å²) < 4.78 is 0. The maximum atomic E-state index is 5.67. The van der Waals surface area contributed by atoms with Crippen LogP contribution in [0.3, 0.4) is 0 Å². The molecule has 1 aliphatic rings. The summed E-state index contributed by atoms with van der Waals surface area (Å²) in [5.41, 5.74) is 6.77. The molecule has 0 aliphatic carbocycles. The van der Waals surface area contributed by atoms with E-state index in [0.29, 0.717) is 17.9 Å². The highest BCUT2D eigenvalue weighted by atomic mass is 15.2. The van der Waals surface area contributed by atoms with Crippen LogP contribution < -0.4 is 10.6 Å². The van der Waals surface area contributed by atoms with Crippen molar-refractivity contribution in [3.05, 3.63) is 11.8 Å². The zero-order valence-corrected chi connectivity index (χ0v) is 10.3. The van der Waals surface area contributed by atoms with E-state index >= 15 is 0 Å². The minimum Gasteiger partial charge on any atom is -0.368 e. The minimum absolute atomic E-state index is 0.367. The molecule has 4 nitrogen and oxygen atoms in total. The maximum Gasteiger partial charge on any atom is 0.221 e. The molecule has 4 heteroatoms. The third kappa shape index (κ3) is 1.96. The van der Waals surface area contributed by atoms with Crippen LogP contribution in [0.25, 0.3) is 0 Å². The molecule has 2 unspecified atom stereocenters. The van der Waals surface area contributed by atoms with E-state index < -0.39 is 0 Å². The first-order valence-electron chi connectivity index (χ1n) is 5.95. The molecule has 88 valence electrons. The summed E-state index contributed by atoms with van der Waals surface area (Å²) in [7, 11) is 0. The monoisotopic (exact) mass is 220 g/mol. The van der Waals surface area contributed by atoms with Crippen LogP contribution in [0.15, 0.2) is 6.20 Å². The number of nitrogens with two attached hydrogens (primary N) is 1.